The molecule has 0 aliphatic heterocycles. The van der Waals surface area contributed by atoms with Crippen molar-refractivity contribution in [1.29, 1.82) is 0 Å². The van der Waals surface area contributed by atoms with Gasteiger partial charge in [-0.3, -0.25) is 19.6 Å². The van der Waals surface area contributed by atoms with Gasteiger partial charge in [-0.05, 0) is 0 Å². The summed E-state index contributed by atoms with van der Waals surface area (Å²) in [6.07, 6.45) is 7.67. The molecular formula is C7H7N5O2. The van der Waals surface area contributed by atoms with Crippen LogP contribution in [0.15, 0.2) is 40.7 Å². The van der Waals surface area contributed by atoms with Gasteiger partial charge in [0.15, 0.2) is 0 Å². The molecule has 0 amide bonds. The zero-order valence-electron chi connectivity index (χ0n) is 7.04. The van der Waals surface area contributed by atoms with Crippen molar-refractivity contribution in [3.8, 4) is 0 Å². The van der Waals surface area contributed by atoms with Gasteiger partial charge >= 0.3 is 11.1 Å². The molecule has 0 saturated heterocycles. The fourth-order valence-corrected chi connectivity index (χ4v) is 0.551. The summed E-state index contributed by atoms with van der Waals surface area (Å²) >= 11 is 0. The smallest absolute Gasteiger partial charge is 0.307 e. The second-order valence-electron chi connectivity index (χ2n) is 2.07. The molecule has 0 aromatic carbocycles. The Labute approximate surface area is 77.9 Å². The van der Waals surface area contributed by atoms with Crippen molar-refractivity contribution in [2.24, 2.45) is 0 Å². The molecule has 0 unspecified atom stereocenters. The molecule has 14 heavy (non-hydrogen) atoms. The summed E-state index contributed by atoms with van der Waals surface area (Å²) in [5.41, 5.74) is -1.41. The Morgan fingerprint density at radius 3 is 1.79 bits per heavy atom. The third kappa shape index (κ3) is 3.39. The third-order valence-corrected chi connectivity index (χ3v) is 1.11. The minimum absolute atomic E-state index is 0.681. The van der Waals surface area contributed by atoms with E-state index < -0.39 is 11.1 Å². The lowest BCUT2D eigenvalue weighted by atomic mass is 10.8. The molecule has 0 radical (unpaired) electrons. The topological polar surface area (TPSA) is 104 Å². The van der Waals surface area contributed by atoms with Crippen molar-refractivity contribution >= 4 is 0 Å². The maximum absolute atomic E-state index is 10.2. The standard InChI is InChI=1S/C4H4N2.C3H3N3O2/c1-2-6-4-3-5-1;7-2-3(8)6-5-1-4-2/h1-4H;1H,(H,6,8)(H,4,5,7). The van der Waals surface area contributed by atoms with Crippen molar-refractivity contribution in [2.45, 2.75) is 0 Å². The maximum atomic E-state index is 10.2. The number of nitrogens with zero attached hydrogens (tertiary/aromatic N) is 3. The first-order valence-electron chi connectivity index (χ1n) is 3.63. The number of nitrogens with one attached hydrogen (secondary N) is 2. The number of aromatic nitrogens is 5. The molecule has 7 nitrogen and oxygen atoms in total. The lowest BCUT2D eigenvalue weighted by molar-refractivity contribution is 0.902. The highest BCUT2D eigenvalue weighted by Crippen LogP contribution is 1.65. The first-order valence-corrected chi connectivity index (χ1v) is 3.63. The average Bonchev–Trinajstić information content (AvgIpc) is 2.26. The summed E-state index contributed by atoms with van der Waals surface area (Å²) in [7, 11) is 0. The highest BCUT2D eigenvalue weighted by Gasteiger charge is 1.84. The van der Waals surface area contributed by atoms with E-state index in [4.69, 9.17) is 0 Å². The van der Waals surface area contributed by atoms with Gasteiger partial charge in [0.25, 0.3) is 0 Å². The lowest BCUT2D eigenvalue weighted by Gasteiger charge is -1.74. The molecule has 2 aromatic heterocycles. The fraction of sp³-hybridized carbons (Fsp3) is 0. The van der Waals surface area contributed by atoms with Crippen LogP contribution in [0.5, 0.6) is 0 Å². The van der Waals surface area contributed by atoms with Crippen LogP contribution in [-0.2, 0) is 0 Å². The van der Waals surface area contributed by atoms with Crippen LogP contribution in [0, 0.1) is 0 Å². The van der Waals surface area contributed by atoms with E-state index in [0.29, 0.717) is 0 Å². The molecule has 0 bridgehead atoms. The van der Waals surface area contributed by atoms with Crippen molar-refractivity contribution in [3.05, 3.63) is 51.8 Å². The van der Waals surface area contributed by atoms with Crippen LogP contribution in [0.2, 0.25) is 0 Å². The van der Waals surface area contributed by atoms with Gasteiger partial charge in [-0.25, -0.2) is 5.10 Å². The number of rotatable bonds is 0. The van der Waals surface area contributed by atoms with Crippen molar-refractivity contribution in [1.82, 2.24) is 25.1 Å². The summed E-state index contributed by atoms with van der Waals surface area (Å²) < 4.78 is 0. The van der Waals surface area contributed by atoms with Gasteiger partial charge in [-0.1, -0.05) is 0 Å². The quantitative estimate of drug-likeness (QED) is 0.518. The van der Waals surface area contributed by atoms with E-state index in [-0.39, 0.29) is 0 Å². The predicted octanol–water partition coefficient (Wildman–Crippen LogP) is -1.07. The van der Waals surface area contributed by atoms with Gasteiger partial charge in [0.1, 0.15) is 6.33 Å². The Bertz CT molecular complexity index is 407. The van der Waals surface area contributed by atoms with Crippen LogP contribution in [0.4, 0.5) is 0 Å². The summed E-state index contributed by atoms with van der Waals surface area (Å²) in [6, 6.07) is 0. The van der Waals surface area contributed by atoms with Crippen LogP contribution in [0.1, 0.15) is 0 Å². The second-order valence-corrected chi connectivity index (χ2v) is 2.07. The van der Waals surface area contributed by atoms with Crippen LogP contribution in [-0.4, -0.2) is 25.1 Å². The zero-order valence-corrected chi connectivity index (χ0v) is 7.04. The molecular weight excluding hydrogens is 186 g/mol. The molecule has 0 saturated carbocycles. The summed E-state index contributed by atoms with van der Waals surface area (Å²) in [6.45, 7) is 0. The Balaban J connectivity index is 0.000000146. The van der Waals surface area contributed by atoms with Gasteiger partial charge in [-0.15, -0.1) is 0 Å². The van der Waals surface area contributed by atoms with E-state index in [1.165, 1.54) is 0 Å². The van der Waals surface area contributed by atoms with Crippen LogP contribution < -0.4 is 11.1 Å². The molecule has 7 heteroatoms. The minimum Gasteiger partial charge on any atom is -0.307 e. The number of aromatic amines is 2. The normalized spacial score (nSPS) is 8.57. The summed E-state index contributed by atoms with van der Waals surface area (Å²) in [4.78, 5) is 29.9. The summed E-state index contributed by atoms with van der Waals surface area (Å²) in [5.74, 6) is 0. The monoisotopic (exact) mass is 193 g/mol. The zero-order chi connectivity index (χ0) is 10.2. The molecule has 0 aliphatic rings. The van der Waals surface area contributed by atoms with E-state index in [1.54, 1.807) is 24.8 Å². The SMILES string of the molecule is O=c1[nH]cn[nH]c1=O.c1cnccn1. The molecule has 2 heterocycles. The molecule has 0 atom stereocenters. The van der Waals surface area contributed by atoms with E-state index in [9.17, 15) is 9.59 Å². The fourth-order valence-electron chi connectivity index (χ4n) is 0.551. The molecule has 0 aliphatic carbocycles. The number of hydrogen-bond donors (Lipinski definition) is 2. The largest absolute Gasteiger partial charge is 0.329 e. The summed E-state index contributed by atoms with van der Waals surface area (Å²) in [5, 5.41) is 5.20. The Kier molecular flexibility index (Phi) is 3.74. The van der Waals surface area contributed by atoms with Gasteiger partial charge in [0, 0.05) is 24.8 Å². The van der Waals surface area contributed by atoms with Gasteiger partial charge < -0.3 is 4.98 Å². The van der Waals surface area contributed by atoms with Crippen molar-refractivity contribution < 1.29 is 0 Å². The molecule has 0 fully saturated rings. The number of H-pyrrole nitrogens is 2. The van der Waals surface area contributed by atoms with Crippen LogP contribution >= 0.6 is 0 Å². The van der Waals surface area contributed by atoms with Gasteiger partial charge in [0.05, 0.1) is 0 Å². The highest BCUT2D eigenvalue weighted by atomic mass is 16.2. The molecule has 0 spiro atoms. The number of hydrogen-bond acceptors (Lipinski definition) is 5. The predicted molar refractivity (Wildman–Crippen MR) is 47.5 cm³/mol. The van der Waals surface area contributed by atoms with E-state index in [0.717, 1.165) is 6.33 Å². The average molecular weight is 193 g/mol. The van der Waals surface area contributed by atoms with Crippen molar-refractivity contribution in [3.63, 3.8) is 0 Å². The van der Waals surface area contributed by atoms with Gasteiger partial charge in [0.2, 0.25) is 0 Å². The van der Waals surface area contributed by atoms with Crippen molar-refractivity contribution in [2.75, 3.05) is 0 Å². The Hall–Kier alpha value is -2.31. The first kappa shape index (κ1) is 9.78. The van der Waals surface area contributed by atoms with E-state index >= 15 is 0 Å². The molecule has 2 rings (SSSR count). The Morgan fingerprint density at radius 2 is 1.50 bits per heavy atom. The molecule has 2 N–H and O–H groups in total. The third-order valence-electron chi connectivity index (χ3n) is 1.11. The maximum Gasteiger partial charge on any atom is 0.329 e. The molecule has 2 aromatic rings. The van der Waals surface area contributed by atoms with Crippen LogP contribution in [0.3, 0.4) is 0 Å². The van der Waals surface area contributed by atoms with E-state index in [2.05, 4.69) is 20.1 Å². The minimum atomic E-state index is -0.729. The highest BCUT2D eigenvalue weighted by molar-refractivity contribution is 4.70. The van der Waals surface area contributed by atoms with E-state index in [1.807, 2.05) is 5.10 Å². The van der Waals surface area contributed by atoms with Crippen LogP contribution in [0.25, 0.3) is 0 Å². The lowest BCUT2D eigenvalue weighted by Crippen LogP contribution is -2.29. The second kappa shape index (κ2) is 5.36. The Morgan fingerprint density at radius 1 is 0.929 bits per heavy atom. The first-order chi connectivity index (χ1) is 6.80. The van der Waals surface area contributed by atoms with Gasteiger partial charge in [-0.2, -0.15) is 5.10 Å². The molecule has 72 valence electrons.